The van der Waals surface area contributed by atoms with Gasteiger partial charge in [-0.1, -0.05) is 0 Å². The van der Waals surface area contributed by atoms with Crippen LogP contribution in [-0.4, -0.2) is 62.8 Å². The predicted octanol–water partition coefficient (Wildman–Crippen LogP) is 0.993. The maximum atomic E-state index is 12.3. The molecule has 2 N–H and O–H groups in total. The zero-order valence-electron chi connectivity index (χ0n) is 13.7. The van der Waals surface area contributed by atoms with Crippen molar-refractivity contribution < 1.29 is 9.53 Å². The van der Waals surface area contributed by atoms with E-state index in [0.717, 1.165) is 71.1 Å². The Bertz CT molecular complexity index is 344. The highest BCUT2D eigenvalue weighted by Crippen LogP contribution is 2.28. The number of carbonyl (C=O) groups is 1. The molecule has 0 aromatic carbocycles. The first kappa shape index (κ1) is 16.2. The van der Waals surface area contributed by atoms with E-state index in [1.807, 2.05) is 0 Å². The van der Waals surface area contributed by atoms with Crippen LogP contribution in [0, 0.1) is 11.8 Å². The van der Waals surface area contributed by atoms with Crippen molar-refractivity contribution in [3.8, 4) is 0 Å². The highest BCUT2D eigenvalue weighted by molar-refractivity contribution is 5.78. The third-order valence-electron chi connectivity index (χ3n) is 5.64. The second-order valence-corrected chi connectivity index (χ2v) is 7.09. The lowest BCUT2D eigenvalue weighted by Gasteiger charge is -2.38. The Morgan fingerprint density at radius 1 is 1.14 bits per heavy atom. The van der Waals surface area contributed by atoms with Crippen LogP contribution in [0.1, 0.15) is 38.5 Å². The molecule has 5 nitrogen and oxygen atoms in total. The van der Waals surface area contributed by atoms with Crippen molar-refractivity contribution >= 4 is 5.91 Å². The van der Waals surface area contributed by atoms with Crippen molar-refractivity contribution in [3.05, 3.63) is 0 Å². The van der Waals surface area contributed by atoms with Crippen LogP contribution in [0.3, 0.4) is 0 Å². The van der Waals surface area contributed by atoms with E-state index in [4.69, 9.17) is 4.74 Å². The van der Waals surface area contributed by atoms with Crippen molar-refractivity contribution in [1.82, 2.24) is 15.5 Å². The molecule has 22 heavy (non-hydrogen) atoms. The number of ether oxygens (including phenoxy) is 1. The summed E-state index contributed by atoms with van der Waals surface area (Å²) in [4.78, 5) is 14.9. The molecule has 2 aliphatic heterocycles. The molecule has 0 aromatic heterocycles. The number of hydrogen-bond acceptors (Lipinski definition) is 4. The number of morpholine rings is 1. The van der Waals surface area contributed by atoms with Crippen LogP contribution in [-0.2, 0) is 9.53 Å². The van der Waals surface area contributed by atoms with Gasteiger partial charge in [0.1, 0.15) is 0 Å². The molecule has 1 amide bonds. The Labute approximate surface area is 134 Å². The monoisotopic (exact) mass is 309 g/mol. The predicted molar refractivity (Wildman–Crippen MR) is 86.7 cm³/mol. The van der Waals surface area contributed by atoms with Crippen LogP contribution < -0.4 is 10.6 Å². The molecule has 0 radical (unpaired) electrons. The minimum Gasteiger partial charge on any atom is -0.379 e. The third-order valence-corrected chi connectivity index (χ3v) is 5.64. The SMILES string of the molecule is O=C(NCCC1CCNC1)C1CCC(N2CCOCC2)CC1. The van der Waals surface area contributed by atoms with Gasteiger partial charge in [-0.05, 0) is 57.5 Å². The molecule has 0 bridgehead atoms. The van der Waals surface area contributed by atoms with Gasteiger partial charge >= 0.3 is 0 Å². The summed E-state index contributed by atoms with van der Waals surface area (Å²) >= 11 is 0. The summed E-state index contributed by atoms with van der Waals surface area (Å²) < 4.78 is 5.43. The topological polar surface area (TPSA) is 53.6 Å². The van der Waals surface area contributed by atoms with E-state index in [2.05, 4.69) is 15.5 Å². The molecule has 5 heteroatoms. The highest BCUT2D eigenvalue weighted by atomic mass is 16.5. The van der Waals surface area contributed by atoms with Crippen LogP contribution in [0.2, 0.25) is 0 Å². The van der Waals surface area contributed by atoms with Crippen molar-refractivity contribution in [2.24, 2.45) is 11.8 Å². The summed E-state index contributed by atoms with van der Waals surface area (Å²) in [6.07, 6.45) is 6.84. The highest BCUT2D eigenvalue weighted by Gasteiger charge is 2.30. The minimum atomic E-state index is 0.249. The Morgan fingerprint density at radius 2 is 1.91 bits per heavy atom. The largest absolute Gasteiger partial charge is 0.379 e. The molecule has 1 saturated carbocycles. The average Bonchev–Trinajstić information content (AvgIpc) is 3.09. The normalized spacial score (nSPS) is 33.7. The molecular weight excluding hydrogens is 278 g/mol. The molecule has 0 aromatic rings. The van der Waals surface area contributed by atoms with Gasteiger partial charge in [-0.25, -0.2) is 0 Å². The summed E-state index contributed by atoms with van der Waals surface area (Å²) in [5.41, 5.74) is 0. The first-order valence-corrected chi connectivity index (χ1v) is 9.13. The van der Waals surface area contributed by atoms with Crippen LogP contribution in [0.4, 0.5) is 0 Å². The Balaban J connectivity index is 1.32. The molecule has 0 spiro atoms. The first-order chi connectivity index (χ1) is 10.8. The van der Waals surface area contributed by atoms with Gasteiger partial charge in [-0.3, -0.25) is 9.69 Å². The smallest absolute Gasteiger partial charge is 0.223 e. The van der Waals surface area contributed by atoms with Crippen LogP contribution in [0.5, 0.6) is 0 Å². The van der Waals surface area contributed by atoms with Gasteiger partial charge in [-0.15, -0.1) is 0 Å². The van der Waals surface area contributed by atoms with E-state index in [-0.39, 0.29) is 5.92 Å². The van der Waals surface area contributed by atoms with E-state index in [1.54, 1.807) is 0 Å². The van der Waals surface area contributed by atoms with Crippen molar-refractivity contribution in [2.45, 2.75) is 44.6 Å². The van der Waals surface area contributed by atoms with E-state index in [9.17, 15) is 4.79 Å². The standard InChI is InChI=1S/C17H31N3O2/c21-17(19-8-6-14-5-7-18-13-14)15-1-3-16(4-2-15)20-9-11-22-12-10-20/h14-16,18H,1-13H2,(H,19,21). The third kappa shape index (κ3) is 4.43. The zero-order valence-corrected chi connectivity index (χ0v) is 13.7. The van der Waals surface area contributed by atoms with Crippen LogP contribution in [0.15, 0.2) is 0 Å². The zero-order chi connectivity index (χ0) is 15.2. The van der Waals surface area contributed by atoms with Gasteiger partial charge < -0.3 is 15.4 Å². The molecule has 1 aliphatic carbocycles. The Kier molecular flexibility index (Phi) is 6.10. The van der Waals surface area contributed by atoms with Gasteiger partial charge in [-0.2, -0.15) is 0 Å². The van der Waals surface area contributed by atoms with Gasteiger partial charge in [0, 0.05) is 31.6 Å². The molecular formula is C17H31N3O2. The van der Waals surface area contributed by atoms with Crippen molar-refractivity contribution in [3.63, 3.8) is 0 Å². The number of rotatable bonds is 5. The fourth-order valence-corrected chi connectivity index (χ4v) is 4.15. The molecule has 2 saturated heterocycles. The first-order valence-electron chi connectivity index (χ1n) is 9.13. The number of hydrogen-bond donors (Lipinski definition) is 2. The second kappa shape index (κ2) is 8.27. The van der Waals surface area contributed by atoms with E-state index in [1.165, 1.54) is 19.3 Å². The number of nitrogens with zero attached hydrogens (tertiary/aromatic N) is 1. The molecule has 1 unspecified atom stereocenters. The lowest BCUT2D eigenvalue weighted by atomic mass is 9.84. The van der Waals surface area contributed by atoms with Gasteiger partial charge in [0.05, 0.1) is 13.2 Å². The molecule has 1 atom stereocenters. The summed E-state index contributed by atoms with van der Waals surface area (Å²) in [5, 5.41) is 6.56. The van der Waals surface area contributed by atoms with E-state index in [0.29, 0.717) is 11.9 Å². The van der Waals surface area contributed by atoms with Crippen LogP contribution >= 0.6 is 0 Å². The van der Waals surface area contributed by atoms with Gasteiger partial charge in [0.15, 0.2) is 0 Å². The van der Waals surface area contributed by atoms with Gasteiger partial charge in [0.25, 0.3) is 0 Å². The fourth-order valence-electron chi connectivity index (χ4n) is 4.15. The van der Waals surface area contributed by atoms with Crippen molar-refractivity contribution in [1.29, 1.82) is 0 Å². The van der Waals surface area contributed by atoms with Crippen molar-refractivity contribution in [2.75, 3.05) is 45.9 Å². The van der Waals surface area contributed by atoms with E-state index >= 15 is 0 Å². The quantitative estimate of drug-likeness (QED) is 0.795. The van der Waals surface area contributed by atoms with Crippen LogP contribution in [0.25, 0.3) is 0 Å². The lowest BCUT2D eigenvalue weighted by molar-refractivity contribution is -0.126. The number of carbonyl (C=O) groups excluding carboxylic acids is 1. The summed E-state index contributed by atoms with van der Waals surface area (Å²) in [7, 11) is 0. The maximum Gasteiger partial charge on any atom is 0.223 e. The summed E-state index contributed by atoms with van der Waals surface area (Å²) in [6, 6.07) is 0.678. The second-order valence-electron chi connectivity index (χ2n) is 7.09. The van der Waals surface area contributed by atoms with E-state index < -0.39 is 0 Å². The molecule has 2 heterocycles. The van der Waals surface area contributed by atoms with Gasteiger partial charge in [0.2, 0.25) is 5.91 Å². The summed E-state index contributed by atoms with van der Waals surface area (Å²) in [5.74, 6) is 1.31. The summed E-state index contributed by atoms with van der Waals surface area (Å²) in [6.45, 7) is 7.00. The molecule has 126 valence electrons. The number of nitrogens with one attached hydrogen (secondary N) is 2. The minimum absolute atomic E-state index is 0.249. The molecule has 3 rings (SSSR count). The average molecular weight is 309 g/mol. The Morgan fingerprint density at radius 3 is 2.59 bits per heavy atom. The fraction of sp³-hybridized carbons (Fsp3) is 0.941. The lowest BCUT2D eigenvalue weighted by Crippen LogP contribution is -2.46. The molecule has 3 fully saturated rings. The molecule has 3 aliphatic rings. The number of amides is 1. The Hall–Kier alpha value is -0.650. The maximum absolute atomic E-state index is 12.3.